The molecular formula is C11H14N2O5. The minimum Gasteiger partial charge on any atom is -0.479 e. The van der Waals surface area contributed by atoms with Gasteiger partial charge in [-0.1, -0.05) is 0 Å². The molecule has 1 aromatic rings. The van der Waals surface area contributed by atoms with Gasteiger partial charge in [0.1, 0.15) is 5.56 Å². The average Bonchev–Trinajstić information content (AvgIpc) is 2.28. The number of amides is 1. The van der Waals surface area contributed by atoms with E-state index in [9.17, 15) is 14.4 Å². The highest BCUT2D eigenvalue weighted by atomic mass is 16.4. The van der Waals surface area contributed by atoms with Crippen LogP contribution in [0, 0.1) is 6.92 Å². The number of aliphatic hydroxyl groups excluding tert-OH is 1. The second-order valence-corrected chi connectivity index (χ2v) is 3.79. The summed E-state index contributed by atoms with van der Waals surface area (Å²) in [5.41, 5.74) is 0.172. The zero-order valence-corrected chi connectivity index (χ0v) is 9.77. The van der Waals surface area contributed by atoms with Gasteiger partial charge in [-0.05, 0) is 6.92 Å². The molecule has 7 heteroatoms. The van der Waals surface area contributed by atoms with Gasteiger partial charge < -0.3 is 20.5 Å². The van der Waals surface area contributed by atoms with Crippen molar-refractivity contribution >= 4 is 11.9 Å². The molecule has 0 aromatic carbocycles. The lowest BCUT2D eigenvalue weighted by atomic mass is 10.2. The summed E-state index contributed by atoms with van der Waals surface area (Å²) in [5, 5.41) is 19.8. The maximum atomic E-state index is 11.6. The topological polar surface area (TPSA) is 119 Å². The first-order valence-corrected chi connectivity index (χ1v) is 5.30. The number of carboxylic acid groups (broad SMARTS) is 1. The zero-order valence-electron chi connectivity index (χ0n) is 9.77. The second-order valence-electron chi connectivity index (χ2n) is 3.79. The lowest BCUT2D eigenvalue weighted by Crippen LogP contribution is -2.32. The van der Waals surface area contributed by atoms with Crippen LogP contribution in [0.25, 0.3) is 0 Å². The van der Waals surface area contributed by atoms with Gasteiger partial charge in [-0.3, -0.25) is 9.59 Å². The van der Waals surface area contributed by atoms with E-state index in [-0.39, 0.29) is 18.5 Å². The molecule has 1 atom stereocenters. The van der Waals surface area contributed by atoms with Crippen molar-refractivity contribution in [3.8, 4) is 0 Å². The number of rotatable bonds is 5. The lowest BCUT2D eigenvalue weighted by Gasteiger charge is -2.07. The Labute approximate surface area is 102 Å². The molecule has 1 heterocycles. The third kappa shape index (κ3) is 3.70. The van der Waals surface area contributed by atoms with Crippen LogP contribution >= 0.6 is 0 Å². The molecular weight excluding hydrogens is 240 g/mol. The van der Waals surface area contributed by atoms with Gasteiger partial charge in [-0.15, -0.1) is 0 Å². The molecule has 0 aliphatic heterocycles. The van der Waals surface area contributed by atoms with Gasteiger partial charge in [0.15, 0.2) is 11.5 Å². The lowest BCUT2D eigenvalue weighted by molar-refractivity contribution is -0.146. The number of aliphatic carboxylic acids is 1. The summed E-state index contributed by atoms with van der Waals surface area (Å²) in [6.07, 6.45) is -0.354. The van der Waals surface area contributed by atoms with Crippen LogP contribution in [0.2, 0.25) is 0 Å². The molecule has 0 unspecified atom stereocenters. The molecule has 1 rings (SSSR count). The number of aliphatic hydroxyl groups is 1. The highest BCUT2D eigenvalue weighted by molar-refractivity contribution is 5.93. The van der Waals surface area contributed by atoms with E-state index in [1.807, 2.05) is 0 Å². The van der Waals surface area contributed by atoms with Crippen molar-refractivity contribution in [2.75, 3.05) is 6.54 Å². The van der Waals surface area contributed by atoms with Gasteiger partial charge in [-0.2, -0.15) is 0 Å². The number of carboxylic acids is 1. The summed E-state index contributed by atoms with van der Waals surface area (Å²) in [5.74, 6) is -1.95. The maximum absolute atomic E-state index is 11.6. The fraction of sp³-hybridized carbons (Fsp3) is 0.364. The number of aromatic amines is 1. The Morgan fingerprint density at radius 3 is 2.72 bits per heavy atom. The SMILES string of the molecule is Cc1cc(=O)c(C(=O)NCC[C@H](O)C(=O)O)c[nH]1. The number of nitrogens with one attached hydrogen (secondary N) is 2. The number of hydrogen-bond acceptors (Lipinski definition) is 4. The molecule has 0 aliphatic rings. The standard InChI is InChI=1S/C11H14N2O5/c1-6-4-9(15)7(5-13-6)10(16)12-3-2-8(14)11(17)18/h4-5,8,14H,2-3H2,1H3,(H,12,16)(H,13,15)(H,17,18)/t8-/m0/s1. The van der Waals surface area contributed by atoms with E-state index in [1.54, 1.807) is 6.92 Å². The molecule has 7 nitrogen and oxygen atoms in total. The number of carbonyl (C=O) groups is 2. The monoisotopic (exact) mass is 254 g/mol. The predicted molar refractivity (Wildman–Crippen MR) is 62.4 cm³/mol. The van der Waals surface area contributed by atoms with Crippen LogP contribution < -0.4 is 10.7 Å². The van der Waals surface area contributed by atoms with E-state index in [4.69, 9.17) is 10.2 Å². The zero-order chi connectivity index (χ0) is 13.7. The van der Waals surface area contributed by atoms with Gasteiger partial charge >= 0.3 is 5.97 Å². The largest absolute Gasteiger partial charge is 0.479 e. The van der Waals surface area contributed by atoms with Crippen LogP contribution in [0.15, 0.2) is 17.1 Å². The van der Waals surface area contributed by atoms with E-state index >= 15 is 0 Å². The van der Waals surface area contributed by atoms with Crippen molar-refractivity contribution < 1.29 is 19.8 Å². The number of aryl methyl sites for hydroxylation is 1. The average molecular weight is 254 g/mol. The van der Waals surface area contributed by atoms with Gasteiger partial charge in [-0.25, -0.2) is 4.79 Å². The van der Waals surface area contributed by atoms with Crippen molar-refractivity contribution in [2.24, 2.45) is 0 Å². The Hall–Kier alpha value is -2.15. The van der Waals surface area contributed by atoms with Crippen LogP contribution in [0.1, 0.15) is 22.5 Å². The Morgan fingerprint density at radius 2 is 2.17 bits per heavy atom. The quantitative estimate of drug-likeness (QED) is 0.551. The molecule has 18 heavy (non-hydrogen) atoms. The minimum atomic E-state index is -1.53. The van der Waals surface area contributed by atoms with Gasteiger partial charge in [0, 0.05) is 30.9 Å². The number of carbonyl (C=O) groups excluding carboxylic acids is 1. The molecule has 0 saturated carbocycles. The van der Waals surface area contributed by atoms with Gasteiger partial charge in [0.25, 0.3) is 5.91 Å². The summed E-state index contributed by atoms with van der Waals surface area (Å²) in [6.45, 7) is 1.66. The van der Waals surface area contributed by atoms with Crippen LogP contribution in [-0.4, -0.2) is 39.7 Å². The Morgan fingerprint density at radius 1 is 1.50 bits per heavy atom. The first kappa shape index (κ1) is 13.9. The minimum absolute atomic E-state index is 0.0282. The highest BCUT2D eigenvalue weighted by Gasteiger charge is 2.14. The van der Waals surface area contributed by atoms with Crippen molar-refractivity contribution in [3.05, 3.63) is 33.7 Å². The number of aromatic nitrogens is 1. The second kappa shape index (κ2) is 5.97. The normalized spacial score (nSPS) is 11.9. The molecule has 0 fully saturated rings. The summed E-state index contributed by atoms with van der Waals surface area (Å²) in [7, 11) is 0. The fourth-order valence-electron chi connectivity index (χ4n) is 1.29. The number of pyridine rings is 1. The molecule has 1 amide bonds. The molecule has 0 saturated heterocycles. The third-order valence-corrected chi connectivity index (χ3v) is 2.29. The summed E-state index contributed by atoms with van der Waals surface area (Å²) >= 11 is 0. The van der Waals surface area contributed by atoms with Crippen LogP contribution in [0.4, 0.5) is 0 Å². The molecule has 98 valence electrons. The Bertz CT molecular complexity index is 508. The van der Waals surface area contributed by atoms with Gasteiger partial charge in [0.2, 0.25) is 0 Å². The molecule has 4 N–H and O–H groups in total. The van der Waals surface area contributed by atoms with Crippen molar-refractivity contribution in [3.63, 3.8) is 0 Å². The third-order valence-electron chi connectivity index (χ3n) is 2.29. The molecule has 0 bridgehead atoms. The van der Waals surface area contributed by atoms with Crippen LogP contribution in [0.5, 0.6) is 0 Å². The highest BCUT2D eigenvalue weighted by Crippen LogP contribution is 1.94. The fourth-order valence-corrected chi connectivity index (χ4v) is 1.29. The van der Waals surface area contributed by atoms with Gasteiger partial charge in [0.05, 0.1) is 0 Å². The summed E-state index contributed by atoms with van der Waals surface area (Å²) in [6, 6.07) is 1.29. The van der Waals surface area contributed by atoms with E-state index in [2.05, 4.69) is 10.3 Å². The summed E-state index contributed by atoms with van der Waals surface area (Å²) < 4.78 is 0. The van der Waals surface area contributed by atoms with Crippen LogP contribution in [-0.2, 0) is 4.79 Å². The molecule has 0 aliphatic carbocycles. The predicted octanol–water partition coefficient (Wildman–Crippen LogP) is -0.751. The van der Waals surface area contributed by atoms with E-state index < -0.39 is 23.4 Å². The smallest absolute Gasteiger partial charge is 0.332 e. The van der Waals surface area contributed by atoms with Crippen LogP contribution in [0.3, 0.4) is 0 Å². The first-order chi connectivity index (χ1) is 8.41. The van der Waals surface area contributed by atoms with Crippen molar-refractivity contribution in [1.82, 2.24) is 10.3 Å². The maximum Gasteiger partial charge on any atom is 0.332 e. The van der Waals surface area contributed by atoms with E-state index in [0.717, 1.165) is 0 Å². The molecule has 0 spiro atoms. The number of hydrogen-bond donors (Lipinski definition) is 4. The van der Waals surface area contributed by atoms with E-state index in [0.29, 0.717) is 5.69 Å². The summed E-state index contributed by atoms with van der Waals surface area (Å²) in [4.78, 5) is 36.1. The number of H-pyrrole nitrogens is 1. The van der Waals surface area contributed by atoms with Crippen molar-refractivity contribution in [1.29, 1.82) is 0 Å². The van der Waals surface area contributed by atoms with E-state index in [1.165, 1.54) is 12.3 Å². The first-order valence-electron chi connectivity index (χ1n) is 5.30. The Kier molecular flexibility index (Phi) is 4.61. The molecule has 0 radical (unpaired) electrons. The molecule has 1 aromatic heterocycles. The van der Waals surface area contributed by atoms with Crippen molar-refractivity contribution in [2.45, 2.75) is 19.4 Å². The Balaban J connectivity index is 2.56.